The van der Waals surface area contributed by atoms with Gasteiger partial charge in [-0.15, -0.1) is 0 Å². The van der Waals surface area contributed by atoms with Crippen molar-refractivity contribution in [2.75, 3.05) is 33.3 Å². The largest absolute Gasteiger partial charge is 0.497 e. The first-order chi connectivity index (χ1) is 13.2. The highest BCUT2D eigenvalue weighted by molar-refractivity contribution is 7.89. The van der Waals surface area contributed by atoms with Crippen molar-refractivity contribution >= 4 is 20.0 Å². The summed E-state index contributed by atoms with van der Waals surface area (Å²) >= 11 is 0. The molecule has 3 rings (SSSR count). The molecular weight excluding hydrogens is 414 g/mol. The van der Waals surface area contributed by atoms with E-state index in [0.717, 1.165) is 20.7 Å². The highest BCUT2D eigenvalue weighted by Gasteiger charge is 2.35. The van der Waals surface area contributed by atoms with Crippen LogP contribution in [0.3, 0.4) is 0 Å². The van der Waals surface area contributed by atoms with Crippen LogP contribution in [-0.4, -0.2) is 58.7 Å². The minimum atomic E-state index is -4.28. The second kappa shape index (κ2) is 7.74. The van der Waals surface area contributed by atoms with Gasteiger partial charge in [-0.05, 0) is 42.5 Å². The SMILES string of the molecule is COc1ccc(S(=O)(=O)N2CCN(S(=O)(=O)c3cc(F)ccc3F)CC2)cc1. The van der Waals surface area contributed by atoms with E-state index in [2.05, 4.69) is 0 Å². The van der Waals surface area contributed by atoms with Crippen molar-refractivity contribution in [2.24, 2.45) is 0 Å². The number of hydrogen-bond donors (Lipinski definition) is 0. The third-order valence-corrected chi connectivity index (χ3v) is 8.23. The van der Waals surface area contributed by atoms with Crippen LogP contribution < -0.4 is 4.74 Å². The van der Waals surface area contributed by atoms with Crippen molar-refractivity contribution < 1.29 is 30.4 Å². The van der Waals surface area contributed by atoms with Crippen molar-refractivity contribution in [3.8, 4) is 5.75 Å². The maximum atomic E-state index is 13.9. The molecule has 2 aromatic carbocycles. The van der Waals surface area contributed by atoms with Gasteiger partial charge in [0.05, 0.1) is 12.0 Å². The molecule has 0 N–H and O–H groups in total. The highest BCUT2D eigenvalue weighted by atomic mass is 32.2. The Labute approximate surface area is 162 Å². The zero-order chi connectivity index (χ0) is 20.5. The van der Waals surface area contributed by atoms with Gasteiger partial charge in [0.1, 0.15) is 22.3 Å². The third-order valence-electron chi connectivity index (χ3n) is 4.41. The third kappa shape index (κ3) is 3.88. The lowest BCUT2D eigenvalue weighted by Crippen LogP contribution is -2.50. The van der Waals surface area contributed by atoms with E-state index in [9.17, 15) is 25.6 Å². The summed E-state index contributed by atoms with van der Waals surface area (Å²) in [5.41, 5.74) is 0. The predicted octanol–water partition coefficient (Wildman–Crippen LogP) is 1.67. The lowest BCUT2D eigenvalue weighted by molar-refractivity contribution is 0.272. The van der Waals surface area contributed by atoms with Gasteiger partial charge in [0, 0.05) is 26.2 Å². The Bertz CT molecular complexity index is 1070. The van der Waals surface area contributed by atoms with Crippen molar-refractivity contribution in [1.29, 1.82) is 0 Å². The molecule has 2 aromatic rings. The van der Waals surface area contributed by atoms with Crippen LogP contribution in [0.5, 0.6) is 5.75 Å². The van der Waals surface area contributed by atoms with Crippen LogP contribution in [0.1, 0.15) is 0 Å². The Hall–Kier alpha value is -2.08. The molecule has 11 heteroatoms. The second-order valence-corrected chi connectivity index (χ2v) is 9.90. The molecule has 0 radical (unpaired) electrons. The first-order valence-electron chi connectivity index (χ1n) is 8.25. The maximum absolute atomic E-state index is 13.9. The van der Waals surface area contributed by atoms with E-state index >= 15 is 0 Å². The quantitative estimate of drug-likeness (QED) is 0.718. The van der Waals surface area contributed by atoms with Gasteiger partial charge in [0.2, 0.25) is 20.0 Å². The molecule has 1 aliphatic rings. The number of hydrogen-bond acceptors (Lipinski definition) is 5. The van der Waals surface area contributed by atoms with Crippen molar-refractivity contribution in [2.45, 2.75) is 9.79 Å². The van der Waals surface area contributed by atoms with Crippen molar-refractivity contribution in [1.82, 2.24) is 8.61 Å². The summed E-state index contributed by atoms with van der Waals surface area (Å²) in [4.78, 5) is -0.709. The Morgan fingerprint density at radius 2 is 1.36 bits per heavy atom. The first-order valence-corrected chi connectivity index (χ1v) is 11.1. The van der Waals surface area contributed by atoms with Gasteiger partial charge in [-0.2, -0.15) is 8.61 Å². The van der Waals surface area contributed by atoms with Gasteiger partial charge in [-0.3, -0.25) is 0 Å². The van der Waals surface area contributed by atoms with Gasteiger partial charge < -0.3 is 4.74 Å². The van der Waals surface area contributed by atoms with Gasteiger partial charge in [0.15, 0.2) is 0 Å². The molecule has 0 bridgehead atoms. The molecule has 1 heterocycles. The fourth-order valence-electron chi connectivity index (χ4n) is 2.86. The predicted molar refractivity (Wildman–Crippen MR) is 96.9 cm³/mol. The van der Waals surface area contributed by atoms with Gasteiger partial charge in [-0.25, -0.2) is 25.6 Å². The Balaban J connectivity index is 1.77. The molecule has 28 heavy (non-hydrogen) atoms. The molecule has 0 amide bonds. The summed E-state index contributed by atoms with van der Waals surface area (Å²) in [7, 11) is -6.63. The topological polar surface area (TPSA) is 84.0 Å². The van der Waals surface area contributed by atoms with E-state index in [4.69, 9.17) is 4.74 Å². The van der Waals surface area contributed by atoms with Crippen molar-refractivity contribution in [3.05, 3.63) is 54.1 Å². The fourth-order valence-corrected chi connectivity index (χ4v) is 5.78. The molecule has 0 saturated carbocycles. The summed E-state index contributed by atoms with van der Waals surface area (Å²) in [6.45, 7) is -0.559. The van der Waals surface area contributed by atoms with Crippen LogP contribution in [-0.2, 0) is 20.0 Å². The average Bonchev–Trinajstić information content (AvgIpc) is 2.70. The summed E-state index contributed by atoms with van der Waals surface area (Å²) in [5.74, 6) is -1.43. The van der Waals surface area contributed by atoms with E-state index in [1.807, 2.05) is 0 Å². The van der Waals surface area contributed by atoms with Crippen LogP contribution >= 0.6 is 0 Å². The summed E-state index contributed by atoms with van der Waals surface area (Å²) in [6.07, 6.45) is 0. The zero-order valence-corrected chi connectivity index (χ0v) is 16.5. The Morgan fingerprint density at radius 3 is 1.89 bits per heavy atom. The number of rotatable bonds is 5. The molecular formula is C17H18F2N2O5S2. The van der Waals surface area contributed by atoms with E-state index in [1.165, 1.54) is 31.4 Å². The zero-order valence-electron chi connectivity index (χ0n) is 14.9. The number of halogens is 2. The van der Waals surface area contributed by atoms with Crippen molar-refractivity contribution in [3.63, 3.8) is 0 Å². The number of ether oxygens (including phenoxy) is 1. The molecule has 1 saturated heterocycles. The van der Waals surface area contributed by atoms with E-state index in [1.54, 1.807) is 0 Å². The molecule has 0 atom stereocenters. The number of piperazine rings is 1. The molecule has 0 aliphatic carbocycles. The molecule has 0 aromatic heterocycles. The monoisotopic (exact) mass is 432 g/mol. The molecule has 0 spiro atoms. The minimum absolute atomic E-state index is 0.0563. The van der Waals surface area contributed by atoms with Crippen LogP contribution in [0.25, 0.3) is 0 Å². The number of benzene rings is 2. The smallest absolute Gasteiger partial charge is 0.246 e. The van der Waals surface area contributed by atoms with Crippen LogP contribution in [0.15, 0.2) is 52.3 Å². The molecule has 0 unspecified atom stereocenters. The molecule has 152 valence electrons. The average molecular weight is 432 g/mol. The van der Waals surface area contributed by atoms with Crippen LogP contribution in [0.4, 0.5) is 8.78 Å². The molecule has 1 aliphatic heterocycles. The number of methoxy groups -OCH3 is 1. The lowest BCUT2D eigenvalue weighted by atomic mass is 10.3. The van der Waals surface area contributed by atoms with Gasteiger partial charge in [-0.1, -0.05) is 0 Å². The Morgan fingerprint density at radius 1 is 0.821 bits per heavy atom. The van der Waals surface area contributed by atoms with Gasteiger partial charge in [0.25, 0.3) is 0 Å². The van der Waals surface area contributed by atoms with E-state index in [0.29, 0.717) is 11.8 Å². The second-order valence-electron chi connectivity index (χ2n) is 6.06. The van der Waals surface area contributed by atoms with E-state index < -0.39 is 36.6 Å². The fraction of sp³-hybridized carbons (Fsp3) is 0.294. The first kappa shape index (κ1) is 20.6. The number of nitrogens with zero attached hydrogens (tertiary/aromatic N) is 2. The van der Waals surface area contributed by atoms with Crippen LogP contribution in [0, 0.1) is 11.6 Å². The van der Waals surface area contributed by atoms with Gasteiger partial charge >= 0.3 is 0 Å². The summed E-state index contributed by atoms with van der Waals surface area (Å²) in [6, 6.07) is 8.02. The number of sulfonamides is 2. The van der Waals surface area contributed by atoms with Crippen LogP contribution in [0.2, 0.25) is 0 Å². The maximum Gasteiger partial charge on any atom is 0.246 e. The molecule has 1 fully saturated rings. The Kier molecular flexibility index (Phi) is 5.71. The summed E-state index contributed by atoms with van der Waals surface area (Å²) < 4.78 is 85.0. The normalized spacial score (nSPS) is 16.8. The highest BCUT2D eigenvalue weighted by Crippen LogP contribution is 2.24. The molecule has 7 nitrogen and oxygen atoms in total. The standard InChI is InChI=1S/C17H18F2N2O5S2/c1-26-14-3-5-15(6-4-14)27(22,23)20-8-10-21(11-9-20)28(24,25)17-12-13(18)2-7-16(17)19/h2-7,12H,8-11H2,1H3. The minimum Gasteiger partial charge on any atom is -0.497 e. The summed E-state index contributed by atoms with van der Waals surface area (Å²) in [5, 5.41) is 0. The lowest BCUT2D eigenvalue weighted by Gasteiger charge is -2.33. The van der Waals surface area contributed by atoms with E-state index in [-0.39, 0.29) is 31.1 Å².